The van der Waals surface area contributed by atoms with Gasteiger partial charge < -0.3 is 26.6 Å². The summed E-state index contributed by atoms with van der Waals surface area (Å²) in [6.07, 6.45) is 0.561. The van der Waals surface area contributed by atoms with E-state index in [2.05, 4.69) is 0 Å². The van der Waals surface area contributed by atoms with Crippen molar-refractivity contribution in [1.82, 2.24) is 0 Å². The lowest BCUT2D eigenvalue weighted by molar-refractivity contribution is 0.113. The van der Waals surface area contributed by atoms with Gasteiger partial charge in [-0.05, 0) is 6.42 Å². The molecule has 110 valence electrons. The molecular weight excluding hydrogens is 296 g/mol. The van der Waals surface area contributed by atoms with Gasteiger partial charge in [-0.25, -0.2) is 0 Å². The zero-order chi connectivity index (χ0) is 14.2. The van der Waals surface area contributed by atoms with Gasteiger partial charge in [0.15, 0.2) is 0 Å². The molecule has 0 aromatic carbocycles. The predicted molar refractivity (Wildman–Crippen MR) is 72.6 cm³/mol. The first kappa shape index (κ1) is 18.5. The third-order valence-corrected chi connectivity index (χ3v) is 9.42. The van der Waals surface area contributed by atoms with Gasteiger partial charge in [0, 0.05) is 48.7 Å². The van der Waals surface area contributed by atoms with Crippen molar-refractivity contribution in [2.75, 3.05) is 42.7 Å². The lowest BCUT2D eigenvalue weighted by atomic mass is 10.6. The smallest absolute Gasteiger partial charge is 0.377 e. The van der Waals surface area contributed by atoms with Crippen LogP contribution in [0.25, 0.3) is 0 Å². The Hall–Kier alpha value is 0.484. The van der Waals surface area contributed by atoms with Gasteiger partial charge in [-0.15, -0.1) is 11.6 Å². The zero-order valence-corrected chi connectivity index (χ0v) is 14.6. The number of hydrogen-bond acceptors (Lipinski definition) is 6. The summed E-state index contributed by atoms with van der Waals surface area (Å²) in [7, 11) is 3.82. The summed E-state index contributed by atoms with van der Waals surface area (Å²) in [6.45, 7) is 0. The van der Waals surface area contributed by atoms with Crippen LogP contribution < -0.4 is 0 Å². The van der Waals surface area contributed by atoms with Gasteiger partial charge in [0.25, 0.3) is 0 Å². The second-order valence-electron chi connectivity index (χ2n) is 3.52. The van der Waals surface area contributed by atoms with Crippen LogP contribution in [0, 0.1) is 0 Å². The summed E-state index contributed by atoms with van der Waals surface area (Å²) in [4.78, 5) is 0. The SMILES string of the molecule is CO[Si](CCC(Cl)[Si](OC)(OC)OC)(OC)OC. The van der Waals surface area contributed by atoms with Gasteiger partial charge in [0.2, 0.25) is 0 Å². The van der Waals surface area contributed by atoms with Crippen LogP contribution in [0.2, 0.25) is 6.04 Å². The van der Waals surface area contributed by atoms with Crippen molar-refractivity contribution in [3.8, 4) is 0 Å². The van der Waals surface area contributed by atoms with Crippen LogP contribution in [0.1, 0.15) is 6.42 Å². The maximum Gasteiger partial charge on any atom is 0.518 e. The molecule has 1 unspecified atom stereocenters. The molecule has 1 atom stereocenters. The fraction of sp³-hybridized carbons (Fsp3) is 1.00. The Kier molecular flexibility index (Phi) is 8.85. The second kappa shape index (κ2) is 8.61. The molecule has 0 bridgehead atoms. The van der Waals surface area contributed by atoms with Crippen LogP contribution in [0.5, 0.6) is 0 Å². The minimum absolute atomic E-state index is 0.384. The van der Waals surface area contributed by atoms with Crippen molar-refractivity contribution in [2.24, 2.45) is 0 Å². The molecule has 0 aliphatic carbocycles. The standard InChI is InChI=1S/C9H23ClO6Si2/c1-11-17(12-2,13-3)8-7-9(10)18(14-4,15-5)16-6/h9H,7-8H2,1-6H3. The Morgan fingerprint density at radius 1 is 0.778 bits per heavy atom. The molecule has 0 spiro atoms. The lowest BCUT2D eigenvalue weighted by Crippen LogP contribution is -2.53. The molecule has 0 heterocycles. The topological polar surface area (TPSA) is 55.4 Å². The largest absolute Gasteiger partial charge is 0.518 e. The number of halogens is 1. The summed E-state index contributed by atoms with van der Waals surface area (Å²) in [5.74, 6) is 0. The van der Waals surface area contributed by atoms with E-state index in [0.717, 1.165) is 0 Å². The first-order valence-corrected chi connectivity index (χ1v) is 9.61. The van der Waals surface area contributed by atoms with E-state index in [9.17, 15) is 0 Å². The maximum atomic E-state index is 6.32. The van der Waals surface area contributed by atoms with Gasteiger partial charge >= 0.3 is 17.6 Å². The normalized spacial score (nSPS) is 14.8. The monoisotopic (exact) mass is 318 g/mol. The van der Waals surface area contributed by atoms with Crippen molar-refractivity contribution in [2.45, 2.75) is 17.5 Å². The van der Waals surface area contributed by atoms with Crippen LogP contribution >= 0.6 is 11.6 Å². The van der Waals surface area contributed by atoms with Gasteiger partial charge in [0.05, 0.1) is 0 Å². The summed E-state index contributed by atoms with van der Waals surface area (Å²) in [5.41, 5.74) is 0. The second-order valence-corrected chi connectivity index (χ2v) is 10.6. The average Bonchev–Trinajstić information content (AvgIpc) is 2.43. The molecule has 18 heavy (non-hydrogen) atoms. The van der Waals surface area contributed by atoms with E-state index in [1.807, 2.05) is 0 Å². The number of alkyl halides is 1. The fourth-order valence-electron chi connectivity index (χ4n) is 1.67. The Morgan fingerprint density at radius 3 is 1.44 bits per heavy atom. The number of hydrogen-bond donors (Lipinski definition) is 0. The van der Waals surface area contributed by atoms with E-state index in [4.69, 9.17) is 38.2 Å². The first-order valence-electron chi connectivity index (χ1n) is 5.44. The molecule has 0 aromatic rings. The predicted octanol–water partition coefficient (Wildman–Crippen LogP) is 1.28. The average molecular weight is 319 g/mol. The van der Waals surface area contributed by atoms with Crippen molar-refractivity contribution in [3.63, 3.8) is 0 Å². The van der Waals surface area contributed by atoms with Crippen molar-refractivity contribution in [1.29, 1.82) is 0 Å². The summed E-state index contributed by atoms with van der Waals surface area (Å²) in [6, 6.07) is 0.565. The summed E-state index contributed by atoms with van der Waals surface area (Å²) < 4.78 is 31.9. The molecule has 0 saturated carbocycles. The Bertz CT molecular complexity index is 209. The Balaban J connectivity index is 4.60. The molecule has 9 heteroatoms. The van der Waals surface area contributed by atoms with Crippen LogP contribution in [-0.4, -0.2) is 65.3 Å². The molecule has 0 saturated heterocycles. The third-order valence-electron chi connectivity index (χ3n) is 2.87. The highest BCUT2D eigenvalue weighted by Crippen LogP contribution is 2.25. The highest BCUT2D eigenvalue weighted by atomic mass is 35.5. The number of rotatable bonds is 10. The summed E-state index contributed by atoms with van der Waals surface area (Å²) in [5, 5.41) is -0.384. The van der Waals surface area contributed by atoms with E-state index in [1.165, 1.54) is 21.3 Å². The lowest BCUT2D eigenvalue weighted by Gasteiger charge is -2.30. The highest BCUT2D eigenvalue weighted by Gasteiger charge is 2.49. The maximum absolute atomic E-state index is 6.32. The van der Waals surface area contributed by atoms with Crippen molar-refractivity contribution >= 4 is 29.2 Å². The molecular formula is C9H23ClO6Si2. The molecule has 0 aromatic heterocycles. The fourth-order valence-corrected chi connectivity index (χ4v) is 6.57. The minimum atomic E-state index is -2.84. The van der Waals surface area contributed by atoms with E-state index >= 15 is 0 Å². The van der Waals surface area contributed by atoms with Gasteiger partial charge in [0.1, 0.15) is 5.00 Å². The van der Waals surface area contributed by atoms with E-state index in [1.54, 1.807) is 21.3 Å². The van der Waals surface area contributed by atoms with E-state index in [0.29, 0.717) is 12.5 Å². The molecule has 0 aliphatic heterocycles. The van der Waals surface area contributed by atoms with E-state index < -0.39 is 17.6 Å². The first-order chi connectivity index (χ1) is 8.49. The van der Waals surface area contributed by atoms with Gasteiger partial charge in [-0.1, -0.05) is 0 Å². The Labute approximate surface area is 116 Å². The molecule has 0 fully saturated rings. The third kappa shape index (κ3) is 4.25. The highest BCUT2D eigenvalue weighted by molar-refractivity contribution is 6.71. The zero-order valence-electron chi connectivity index (χ0n) is 11.8. The van der Waals surface area contributed by atoms with Crippen LogP contribution in [-0.2, 0) is 26.6 Å². The van der Waals surface area contributed by atoms with Crippen LogP contribution in [0.4, 0.5) is 0 Å². The molecule has 0 N–H and O–H groups in total. The Morgan fingerprint density at radius 2 is 1.17 bits per heavy atom. The van der Waals surface area contributed by atoms with Crippen LogP contribution in [0.15, 0.2) is 0 Å². The van der Waals surface area contributed by atoms with Crippen molar-refractivity contribution < 1.29 is 26.6 Å². The molecule has 0 radical (unpaired) electrons. The molecule has 0 rings (SSSR count). The van der Waals surface area contributed by atoms with Crippen LogP contribution in [0.3, 0.4) is 0 Å². The van der Waals surface area contributed by atoms with Crippen molar-refractivity contribution in [3.05, 3.63) is 0 Å². The molecule has 0 amide bonds. The minimum Gasteiger partial charge on any atom is -0.377 e. The van der Waals surface area contributed by atoms with Gasteiger partial charge in [-0.2, -0.15) is 0 Å². The quantitative estimate of drug-likeness (QED) is 0.447. The van der Waals surface area contributed by atoms with Gasteiger partial charge in [-0.3, -0.25) is 0 Å². The summed E-state index contributed by atoms with van der Waals surface area (Å²) >= 11 is 6.32. The van der Waals surface area contributed by atoms with E-state index in [-0.39, 0.29) is 5.00 Å². The molecule has 0 aliphatic rings. The molecule has 6 nitrogen and oxygen atoms in total.